The molecule has 2 aliphatic heterocycles. The van der Waals surface area contributed by atoms with E-state index >= 15 is 0 Å². The van der Waals surface area contributed by atoms with Gasteiger partial charge in [-0.1, -0.05) is 37.5 Å². The van der Waals surface area contributed by atoms with Crippen LogP contribution in [0.15, 0.2) is 29.2 Å². The third kappa shape index (κ3) is 4.50. The first-order chi connectivity index (χ1) is 15.6. The molecule has 4 rings (SSSR count). The normalized spacial score (nSPS) is 27.1. The molecule has 2 atom stereocenters. The molecule has 2 heterocycles. The van der Waals surface area contributed by atoms with Crippen molar-refractivity contribution < 1.29 is 22.8 Å². The van der Waals surface area contributed by atoms with Crippen LogP contribution in [0.3, 0.4) is 0 Å². The van der Waals surface area contributed by atoms with Crippen LogP contribution in [0.1, 0.15) is 51.0 Å². The number of carbonyl (C=O) groups is 3. The van der Waals surface area contributed by atoms with Crippen LogP contribution in [0.4, 0.5) is 4.79 Å². The fraction of sp³-hybridized carbons (Fsp3) is 0.609. The maximum absolute atomic E-state index is 13.0. The number of rotatable bonds is 5. The van der Waals surface area contributed by atoms with E-state index in [9.17, 15) is 22.8 Å². The minimum atomic E-state index is -3.57. The molecule has 2 unspecified atom stereocenters. The van der Waals surface area contributed by atoms with E-state index in [1.54, 1.807) is 24.3 Å². The van der Waals surface area contributed by atoms with Crippen LogP contribution in [0.5, 0.6) is 0 Å². The van der Waals surface area contributed by atoms with E-state index in [-0.39, 0.29) is 29.3 Å². The van der Waals surface area contributed by atoms with E-state index in [1.165, 1.54) is 4.31 Å². The minimum Gasteiger partial charge on any atom is -0.352 e. The number of carbonyl (C=O) groups excluding carboxylic acids is 3. The third-order valence-corrected chi connectivity index (χ3v) is 9.19. The first-order valence-corrected chi connectivity index (χ1v) is 13.1. The second-order valence-electron chi connectivity index (χ2n) is 9.50. The van der Waals surface area contributed by atoms with Crippen LogP contribution >= 0.6 is 0 Å². The Morgan fingerprint density at radius 2 is 1.79 bits per heavy atom. The first kappa shape index (κ1) is 23.7. The Hall–Kier alpha value is -2.46. The summed E-state index contributed by atoms with van der Waals surface area (Å²) in [6, 6.07) is 6.04. The van der Waals surface area contributed by atoms with Gasteiger partial charge in [-0.05, 0) is 50.7 Å². The highest BCUT2D eigenvalue weighted by atomic mass is 32.2. The highest BCUT2D eigenvalue weighted by molar-refractivity contribution is 7.89. The molecule has 2 saturated heterocycles. The number of benzene rings is 1. The number of nitrogens with zero attached hydrogens (tertiary/aromatic N) is 2. The Morgan fingerprint density at radius 1 is 1.12 bits per heavy atom. The molecule has 180 valence electrons. The van der Waals surface area contributed by atoms with E-state index in [2.05, 4.69) is 10.6 Å². The standard InChI is InChI=1S/C23H32N4O5S/c1-16-6-8-19(9-7-16)33(31,32)26-13-10-18(11-14-26)24-20(28)15-27-21(29)23(25-22(27)30)12-4-3-5-17(23)2/h6-9,17-18H,3-5,10-15H2,1-2H3,(H,24,28)(H,25,30). The Kier molecular flexibility index (Phi) is 6.50. The Balaban J connectivity index is 1.31. The molecule has 10 heteroatoms. The summed E-state index contributed by atoms with van der Waals surface area (Å²) in [5, 5.41) is 5.73. The van der Waals surface area contributed by atoms with Crippen LogP contribution < -0.4 is 10.6 Å². The lowest BCUT2D eigenvalue weighted by Crippen LogP contribution is -2.54. The van der Waals surface area contributed by atoms with Crippen LogP contribution in [0, 0.1) is 12.8 Å². The Labute approximate surface area is 194 Å². The summed E-state index contributed by atoms with van der Waals surface area (Å²) in [4.78, 5) is 39.4. The number of nitrogens with one attached hydrogen (secondary N) is 2. The molecule has 3 aliphatic rings. The number of aryl methyl sites for hydroxylation is 1. The first-order valence-electron chi connectivity index (χ1n) is 11.6. The molecule has 1 aromatic rings. The van der Waals surface area contributed by atoms with Crippen molar-refractivity contribution in [3.8, 4) is 0 Å². The molecule has 9 nitrogen and oxygen atoms in total. The number of sulfonamides is 1. The second kappa shape index (κ2) is 9.06. The summed E-state index contributed by atoms with van der Waals surface area (Å²) < 4.78 is 27.1. The van der Waals surface area contributed by atoms with Gasteiger partial charge in [0.25, 0.3) is 5.91 Å². The van der Waals surface area contributed by atoms with Crippen molar-refractivity contribution in [3.63, 3.8) is 0 Å². The number of hydrogen-bond donors (Lipinski definition) is 2. The number of urea groups is 1. The van der Waals surface area contributed by atoms with Gasteiger partial charge in [0, 0.05) is 19.1 Å². The van der Waals surface area contributed by atoms with Crippen LogP contribution in [-0.2, 0) is 19.6 Å². The lowest BCUT2D eigenvalue weighted by molar-refractivity contribution is -0.137. The summed E-state index contributed by atoms with van der Waals surface area (Å²) in [5.74, 6) is -0.678. The monoisotopic (exact) mass is 476 g/mol. The highest BCUT2D eigenvalue weighted by Gasteiger charge is 2.55. The predicted octanol–water partition coefficient (Wildman–Crippen LogP) is 1.77. The Bertz CT molecular complexity index is 1030. The molecule has 1 aromatic carbocycles. The summed E-state index contributed by atoms with van der Waals surface area (Å²) in [6.07, 6.45) is 4.32. The molecule has 1 spiro atoms. The molecule has 33 heavy (non-hydrogen) atoms. The fourth-order valence-corrected chi connectivity index (χ4v) is 6.63. The van der Waals surface area contributed by atoms with Crippen molar-refractivity contribution in [2.24, 2.45) is 5.92 Å². The number of amides is 4. The SMILES string of the molecule is Cc1ccc(S(=O)(=O)N2CCC(NC(=O)CN3C(=O)NC4(CCCCC4C)C3=O)CC2)cc1. The van der Waals surface area contributed by atoms with E-state index in [0.29, 0.717) is 32.4 Å². The average molecular weight is 477 g/mol. The van der Waals surface area contributed by atoms with E-state index in [1.807, 2.05) is 13.8 Å². The summed E-state index contributed by atoms with van der Waals surface area (Å²) in [6.45, 7) is 4.15. The molecule has 4 amide bonds. The van der Waals surface area contributed by atoms with Crippen molar-refractivity contribution in [2.75, 3.05) is 19.6 Å². The largest absolute Gasteiger partial charge is 0.352 e. The maximum Gasteiger partial charge on any atom is 0.325 e. The van der Waals surface area contributed by atoms with Gasteiger partial charge in [0.2, 0.25) is 15.9 Å². The van der Waals surface area contributed by atoms with Gasteiger partial charge in [0.1, 0.15) is 12.1 Å². The topological polar surface area (TPSA) is 116 Å². The molecule has 0 aromatic heterocycles. The van der Waals surface area contributed by atoms with Crippen molar-refractivity contribution in [1.82, 2.24) is 19.8 Å². The molecule has 3 fully saturated rings. The van der Waals surface area contributed by atoms with Crippen molar-refractivity contribution in [3.05, 3.63) is 29.8 Å². The van der Waals surface area contributed by atoms with Gasteiger partial charge in [-0.2, -0.15) is 4.31 Å². The fourth-order valence-electron chi connectivity index (χ4n) is 5.16. The average Bonchev–Trinajstić information content (AvgIpc) is 3.01. The zero-order valence-electron chi connectivity index (χ0n) is 19.2. The summed E-state index contributed by atoms with van der Waals surface area (Å²) in [7, 11) is -3.57. The number of hydrogen-bond acceptors (Lipinski definition) is 5. The van der Waals surface area contributed by atoms with Gasteiger partial charge in [-0.25, -0.2) is 13.2 Å². The second-order valence-corrected chi connectivity index (χ2v) is 11.4. The predicted molar refractivity (Wildman–Crippen MR) is 122 cm³/mol. The van der Waals surface area contributed by atoms with Crippen molar-refractivity contribution in [2.45, 2.75) is 68.8 Å². The van der Waals surface area contributed by atoms with Gasteiger partial charge in [0.05, 0.1) is 4.90 Å². The molecule has 2 N–H and O–H groups in total. The van der Waals surface area contributed by atoms with E-state index in [4.69, 9.17) is 0 Å². The summed E-state index contributed by atoms with van der Waals surface area (Å²) in [5.41, 5.74) is 0.107. The lowest BCUT2D eigenvalue weighted by Gasteiger charge is -2.36. The van der Waals surface area contributed by atoms with Crippen molar-refractivity contribution in [1.29, 1.82) is 0 Å². The van der Waals surface area contributed by atoms with Gasteiger partial charge in [-0.3, -0.25) is 14.5 Å². The molecular formula is C23H32N4O5S. The van der Waals surface area contributed by atoms with Gasteiger partial charge in [0.15, 0.2) is 0 Å². The highest BCUT2D eigenvalue weighted by Crippen LogP contribution is 2.38. The quantitative estimate of drug-likeness (QED) is 0.629. The zero-order chi connectivity index (χ0) is 23.8. The van der Waals surface area contributed by atoms with Gasteiger partial charge >= 0.3 is 6.03 Å². The summed E-state index contributed by atoms with van der Waals surface area (Å²) >= 11 is 0. The van der Waals surface area contributed by atoms with Crippen LogP contribution in [-0.4, -0.2) is 66.7 Å². The number of piperidine rings is 1. The zero-order valence-corrected chi connectivity index (χ0v) is 20.0. The smallest absolute Gasteiger partial charge is 0.325 e. The minimum absolute atomic E-state index is 0.0376. The lowest BCUT2D eigenvalue weighted by atomic mass is 9.73. The van der Waals surface area contributed by atoms with Crippen molar-refractivity contribution >= 4 is 27.9 Å². The van der Waals surface area contributed by atoms with Crippen LogP contribution in [0.2, 0.25) is 0 Å². The molecular weight excluding hydrogens is 444 g/mol. The maximum atomic E-state index is 13.0. The van der Waals surface area contributed by atoms with Gasteiger partial charge < -0.3 is 10.6 Å². The van der Waals surface area contributed by atoms with E-state index in [0.717, 1.165) is 29.7 Å². The molecule has 1 aliphatic carbocycles. The third-order valence-electron chi connectivity index (χ3n) is 7.28. The van der Waals surface area contributed by atoms with E-state index < -0.39 is 27.5 Å². The Morgan fingerprint density at radius 3 is 2.42 bits per heavy atom. The van der Waals surface area contributed by atoms with Gasteiger partial charge in [-0.15, -0.1) is 0 Å². The molecule has 0 bridgehead atoms. The number of imide groups is 1. The van der Waals surface area contributed by atoms with Crippen LogP contribution in [0.25, 0.3) is 0 Å². The molecule has 0 radical (unpaired) electrons. The molecule has 1 saturated carbocycles.